The van der Waals surface area contributed by atoms with Gasteiger partial charge in [0.1, 0.15) is 24.1 Å². The fraction of sp³-hybridized carbons (Fsp3) is 0.310. The molecule has 0 fully saturated rings. The zero-order valence-corrected chi connectivity index (χ0v) is 23.7. The number of para-hydroxylation sites is 2. The smallest absolute Gasteiger partial charge is 0.264 e. The van der Waals surface area contributed by atoms with Gasteiger partial charge in [-0.15, -0.1) is 0 Å². The Morgan fingerprint density at radius 3 is 2.15 bits per heavy atom. The first-order chi connectivity index (χ1) is 18.6. The summed E-state index contributed by atoms with van der Waals surface area (Å²) in [6.45, 7) is 5.35. The van der Waals surface area contributed by atoms with Crippen molar-refractivity contribution >= 4 is 27.5 Å². The van der Waals surface area contributed by atoms with E-state index in [4.69, 9.17) is 9.47 Å². The van der Waals surface area contributed by atoms with Gasteiger partial charge in [0.25, 0.3) is 10.0 Å². The number of hydrogen-bond acceptors (Lipinski definition) is 6. The summed E-state index contributed by atoms with van der Waals surface area (Å²) >= 11 is 0. The molecule has 0 bridgehead atoms. The largest absolute Gasteiger partial charge is 0.497 e. The third-order valence-corrected chi connectivity index (χ3v) is 8.05. The maximum atomic E-state index is 13.9. The van der Waals surface area contributed by atoms with Crippen molar-refractivity contribution in [2.24, 2.45) is 0 Å². The molecule has 10 heteroatoms. The molecule has 0 aliphatic rings. The molecule has 0 unspecified atom stereocenters. The molecule has 0 aliphatic heterocycles. The summed E-state index contributed by atoms with van der Waals surface area (Å²) in [6, 6.07) is 19.2. The molecular formula is C29H35N3O6S. The highest BCUT2D eigenvalue weighted by atomic mass is 32.2. The fourth-order valence-electron chi connectivity index (χ4n) is 4.02. The lowest BCUT2D eigenvalue weighted by atomic mass is 10.1. The van der Waals surface area contributed by atoms with Crippen LogP contribution in [-0.2, 0) is 26.2 Å². The van der Waals surface area contributed by atoms with Gasteiger partial charge in [0.2, 0.25) is 11.8 Å². The zero-order chi connectivity index (χ0) is 28.6. The first-order valence-electron chi connectivity index (χ1n) is 12.5. The average molecular weight is 554 g/mol. The lowest BCUT2D eigenvalue weighted by molar-refractivity contribution is -0.139. The molecule has 0 aliphatic carbocycles. The van der Waals surface area contributed by atoms with Crippen molar-refractivity contribution in [2.45, 2.75) is 38.3 Å². The summed E-state index contributed by atoms with van der Waals surface area (Å²) in [5, 5.41) is 2.75. The van der Waals surface area contributed by atoms with Crippen LogP contribution in [-0.4, -0.2) is 58.5 Å². The van der Waals surface area contributed by atoms with Crippen LogP contribution in [0, 0.1) is 6.92 Å². The maximum Gasteiger partial charge on any atom is 0.264 e. The number of benzene rings is 3. The normalized spacial score (nSPS) is 11.8. The van der Waals surface area contributed by atoms with Gasteiger partial charge in [0, 0.05) is 13.1 Å². The minimum atomic E-state index is -4.23. The van der Waals surface area contributed by atoms with Gasteiger partial charge in [-0.1, -0.05) is 42.0 Å². The van der Waals surface area contributed by atoms with Crippen LogP contribution >= 0.6 is 0 Å². The van der Waals surface area contributed by atoms with E-state index in [1.807, 2.05) is 31.2 Å². The summed E-state index contributed by atoms with van der Waals surface area (Å²) in [7, 11) is -1.31. The van der Waals surface area contributed by atoms with Gasteiger partial charge in [-0.2, -0.15) is 0 Å². The minimum Gasteiger partial charge on any atom is -0.497 e. The Labute approximate surface area is 230 Å². The maximum absolute atomic E-state index is 13.9. The van der Waals surface area contributed by atoms with Gasteiger partial charge in [0.15, 0.2) is 0 Å². The lowest BCUT2D eigenvalue weighted by Crippen LogP contribution is -2.51. The second-order valence-corrected chi connectivity index (χ2v) is 10.8. The Hall–Kier alpha value is -4.05. The van der Waals surface area contributed by atoms with Gasteiger partial charge >= 0.3 is 0 Å². The van der Waals surface area contributed by atoms with Gasteiger partial charge in [-0.25, -0.2) is 8.42 Å². The summed E-state index contributed by atoms with van der Waals surface area (Å²) in [5.41, 5.74) is 2.07. The number of rotatable bonds is 12. The predicted molar refractivity (Wildman–Crippen MR) is 150 cm³/mol. The summed E-state index contributed by atoms with van der Waals surface area (Å²) in [5.74, 6) is -0.102. The van der Waals surface area contributed by atoms with Crippen molar-refractivity contribution in [3.05, 3.63) is 83.9 Å². The number of hydrogen-bond donors (Lipinski definition) is 1. The molecule has 1 atom stereocenters. The molecule has 3 aromatic carbocycles. The van der Waals surface area contributed by atoms with Crippen LogP contribution in [0.1, 0.15) is 25.0 Å². The highest BCUT2D eigenvalue weighted by molar-refractivity contribution is 7.92. The van der Waals surface area contributed by atoms with E-state index in [-0.39, 0.29) is 28.8 Å². The van der Waals surface area contributed by atoms with Crippen molar-refractivity contribution in [2.75, 3.05) is 31.6 Å². The van der Waals surface area contributed by atoms with Gasteiger partial charge in [0.05, 0.1) is 24.8 Å². The lowest BCUT2D eigenvalue weighted by Gasteiger charge is -2.32. The molecule has 0 radical (unpaired) electrons. The molecule has 208 valence electrons. The predicted octanol–water partition coefficient (Wildman–Crippen LogP) is 3.76. The standard InChI is InChI=1S/C29H35N3O6S/c1-6-30-29(34)22(3)31(19-23-13-11-21(2)12-14-23)28(33)20-32(26-9-7-8-10-27(26)38-5)39(35,36)25-17-15-24(37-4)16-18-25/h7-18,22H,6,19-20H2,1-5H3,(H,30,34)/t22-/m0/s1. The summed E-state index contributed by atoms with van der Waals surface area (Å²) < 4.78 is 39.5. The molecule has 9 nitrogen and oxygen atoms in total. The number of carbonyl (C=O) groups is 2. The highest BCUT2D eigenvalue weighted by Gasteiger charge is 2.33. The Bertz CT molecular complexity index is 1370. The van der Waals surface area contributed by atoms with Crippen LogP contribution in [0.4, 0.5) is 5.69 Å². The molecule has 0 heterocycles. The number of anilines is 1. The van der Waals surface area contributed by atoms with Crippen LogP contribution in [0.5, 0.6) is 11.5 Å². The summed E-state index contributed by atoms with van der Waals surface area (Å²) in [4.78, 5) is 28.1. The number of nitrogens with zero attached hydrogens (tertiary/aromatic N) is 2. The van der Waals surface area contributed by atoms with Crippen LogP contribution in [0.25, 0.3) is 0 Å². The van der Waals surface area contributed by atoms with Crippen molar-refractivity contribution < 1.29 is 27.5 Å². The van der Waals surface area contributed by atoms with Crippen molar-refractivity contribution in [3.63, 3.8) is 0 Å². The number of likely N-dealkylation sites (N-methyl/N-ethyl adjacent to an activating group) is 1. The Balaban J connectivity index is 2.06. The Morgan fingerprint density at radius 2 is 1.56 bits per heavy atom. The van der Waals surface area contributed by atoms with Crippen LogP contribution in [0.2, 0.25) is 0 Å². The van der Waals surface area contributed by atoms with Crippen molar-refractivity contribution in [1.29, 1.82) is 0 Å². The van der Waals surface area contributed by atoms with Gasteiger partial charge in [-0.3, -0.25) is 13.9 Å². The molecule has 3 aromatic rings. The zero-order valence-electron chi connectivity index (χ0n) is 22.9. The first kappa shape index (κ1) is 29.5. The number of nitrogens with one attached hydrogen (secondary N) is 1. The van der Waals surface area contributed by atoms with E-state index in [0.29, 0.717) is 12.3 Å². The Morgan fingerprint density at radius 1 is 0.923 bits per heavy atom. The quantitative estimate of drug-likeness (QED) is 0.366. The first-order valence-corrected chi connectivity index (χ1v) is 14.0. The number of amides is 2. The Kier molecular flexibility index (Phi) is 9.95. The highest BCUT2D eigenvalue weighted by Crippen LogP contribution is 2.33. The molecule has 0 saturated carbocycles. The number of ether oxygens (including phenoxy) is 2. The topological polar surface area (TPSA) is 105 Å². The SMILES string of the molecule is CCNC(=O)[C@H](C)N(Cc1ccc(C)cc1)C(=O)CN(c1ccccc1OC)S(=O)(=O)c1ccc(OC)cc1. The van der Waals surface area contributed by atoms with E-state index in [1.165, 1.54) is 43.4 Å². The number of methoxy groups -OCH3 is 2. The van der Waals surface area contributed by atoms with Gasteiger partial charge in [-0.05, 0) is 62.7 Å². The van der Waals surface area contributed by atoms with Crippen LogP contribution < -0.4 is 19.1 Å². The van der Waals surface area contributed by atoms with Gasteiger partial charge < -0.3 is 19.7 Å². The van der Waals surface area contributed by atoms with Crippen molar-refractivity contribution in [1.82, 2.24) is 10.2 Å². The molecule has 0 spiro atoms. The number of aryl methyl sites for hydroxylation is 1. The molecule has 3 rings (SSSR count). The van der Waals surface area contributed by atoms with E-state index in [0.717, 1.165) is 15.4 Å². The molecule has 0 aromatic heterocycles. The second-order valence-electron chi connectivity index (χ2n) is 8.94. The van der Waals surface area contributed by atoms with E-state index in [1.54, 1.807) is 38.1 Å². The molecule has 1 N–H and O–H groups in total. The molecule has 0 saturated heterocycles. The monoisotopic (exact) mass is 553 g/mol. The minimum absolute atomic E-state index is 0.0242. The molecule has 2 amide bonds. The van der Waals surface area contributed by atoms with E-state index < -0.39 is 28.5 Å². The number of sulfonamides is 1. The van der Waals surface area contributed by atoms with E-state index in [9.17, 15) is 18.0 Å². The van der Waals surface area contributed by atoms with Crippen LogP contribution in [0.3, 0.4) is 0 Å². The molecule has 39 heavy (non-hydrogen) atoms. The van der Waals surface area contributed by atoms with Crippen molar-refractivity contribution in [3.8, 4) is 11.5 Å². The fourth-order valence-corrected chi connectivity index (χ4v) is 5.44. The third-order valence-electron chi connectivity index (χ3n) is 6.27. The second kappa shape index (κ2) is 13.1. The summed E-state index contributed by atoms with van der Waals surface area (Å²) in [6.07, 6.45) is 0. The third kappa shape index (κ3) is 7.08. The van der Waals surface area contributed by atoms with E-state index in [2.05, 4.69) is 5.32 Å². The number of carbonyl (C=O) groups excluding carboxylic acids is 2. The van der Waals surface area contributed by atoms with Crippen LogP contribution in [0.15, 0.2) is 77.7 Å². The molecular weight excluding hydrogens is 518 g/mol. The van der Waals surface area contributed by atoms with E-state index >= 15 is 0 Å². The average Bonchev–Trinajstić information content (AvgIpc) is 2.95.